The molecule has 146 valence electrons. The van der Waals surface area contributed by atoms with Gasteiger partial charge in [-0.25, -0.2) is 14.1 Å². The van der Waals surface area contributed by atoms with Gasteiger partial charge in [0.15, 0.2) is 16.9 Å². The monoisotopic (exact) mass is 391 g/mol. The molecule has 1 fully saturated rings. The van der Waals surface area contributed by atoms with E-state index in [1.807, 2.05) is 11.9 Å². The van der Waals surface area contributed by atoms with Crippen molar-refractivity contribution in [2.75, 3.05) is 13.6 Å². The third kappa shape index (κ3) is 3.11. The summed E-state index contributed by atoms with van der Waals surface area (Å²) in [6.45, 7) is 4.47. The number of hydrogen-bond acceptors (Lipinski definition) is 5. The van der Waals surface area contributed by atoms with Crippen molar-refractivity contribution in [1.82, 2.24) is 19.7 Å². The van der Waals surface area contributed by atoms with E-state index >= 15 is 0 Å². The molecule has 8 heteroatoms. The molecule has 3 aromatic rings. The van der Waals surface area contributed by atoms with Crippen LogP contribution in [0, 0.1) is 17.7 Å². The number of amides is 1. The summed E-state index contributed by atoms with van der Waals surface area (Å²) in [6, 6.07) is 7.60. The number of primary amides is 1. The smallest absolute Gasteiger partial charge is 0.269 e. The Balaban J connectivity index is 1.80. The van der Waals surface area contributed by atoms with Gasteiger partial charge in [-0.3, -0.25) is 4.79 Å². The molecule has 2 aromatic heterocycles. The molecule has 0 radical (unpaired) electrons. The highest BCUT2D eigenvalue weighted by Crippen LogP contribution is 2.29. The van der Waals surface area contributed by atoms with Crippen LogP contribution in [0.25, 0.3) is 16.7 Å². The van der Waals surface area contributed by atoms with Crippen molar-refractivity contribution < 1.29 is 14.3 Å². The number of likely N-dealkylation sites (tertiary alicyclic amines) is 1. The van der Waals surface area contributed by atoms with Crippen molar-refractivity contribution >= 4 is 16.9 Å². The highest BCUT2D eigenvalue weighted by atomic mass is 19.1. The van der Waals surface area contributed by atoms with Crippen LogP contribution in [-0.4, -0.2) is 49.9 Å². The number of carbonyl (C=O) groups is 1. The minimum Gasteiger partial charge on any atom is -0.375 e. The van der Waals surface area contributed by atoms with Crippen LogP contribution in [0.3, 0.4) is 0 Å². The van der Waals surface area contributed by atoms with E-state index in [4.69, 9.17) is 5.73 Å². The van der Waals surface area contributed by atoms with Gasteiger partial charge in [0.1, 0.15) is 5.82 Å². The lowest BCUT2D eigenvalue weighted by Gasteiger charge is -2.19. The zero-order chi connectivity index (χ0) is 20.8. The highest BCUT2D eigenvalue weighted by Gasteiger charge is 2.36. The van der Waals surface area contributed by atoms with Crippen LogP contribution in [0.15, 0.2) is 48.8 Å². The second-order valence-corrected chi connectivity index (χ2v) is 6.89. The van der Waals surface area contributed by atoms with Gasteiger partial charge < -0.3 is 15.7 Å². The first-order chi connectivity index (χ1) is 13.8. The Kier molecular flexibility index (Phi) is 4.32. The number of carbonyl (C=O) groups excluding carboxylic acids is 1. The first kappa shape index (κ1) is 18.7. The van der Waals surface area contributed by atoms with E-state index in [1.165, 1.54) is 22.9 Å². The van der Waals surface area contributed by atoms with Gasteiger partial charge in [0.2, 0.25) is 0 Å². The van der Waals surface area contributed by atoms with Crippen molar-refractivity contribution in [3.8, 4) is 17.5 Å². The summed E-state index contributed by atoms with van der Waals surface area (Å²) in [5.41, 5.74) is 5.53. The molecule has 1 saturated heterocycles. The largest absolute Gasteiger partial charge is 0.375 e. The molecule has 1 amide bonds. The number of hydrogen-bond donors (Lipinski definition) is 2. The fourth-order valence-corrected chi connectivity index (χ4v) is 3.28. The number of pyridine rings is 1. The van der Waals surface area contributed by atoms with Crippen LogP contribution in [0.5, 0.6) is 0 Å². The number of aliphatic hydroxyl groups is 1. The molecule has 0 saturated carbocycles. The lowest BCUT2D eigenvalue weighted by molar-refractivity contribution is 0.0996. The second kappa shape index (κ2) is 6.72. The van der Waals surface area contributed by atoms with Crippen molar-refractivity contribution in [2.45, 2.75) is 12.0 Å². The van der Waals surface area contributed by atoms with E-state index < -0.39 is 17.3 Å². The van der Waals surface area contributed by atoms with E-state index in [1.54, 1.807) is 18.3 Å². The summed E-state index contributed by atoms with van der Waals surface area (Å²) in [7, 11) is 1.81. The number of rotatable bonds is 2. The number of aromatic nitrogens is 3. The average Bonchev–Trinajstić information content (AvgIpc) is 3.22. The van der Waals surface area contributed by atoms with Crippen molar-refractivity contribution in [3.63, 3.8) is 0 Å². The Morgan fingerprint density at radius 3 is 2.90 bits per heavy atom. The zero-order valence-corrected chi connectivity index (χ0v) is 15.7. The highest BCUT2D eigenvalue weighted by molar-refractivity contribution is 6.03. The molecule has 0 bridgehead atoms. The van der Waals surface area contributed by atoms with Crippen LogP contribution in [0.1, 0.15) is 22.5 Å². The maximum atomic E-state index is 14.4. The molecule has 1 aromatic carbocycles. The van der Waals surface area contributed by atoms with E-state index in [2.05, 4.69) is 28.5 Å². The van der Waals surface area contributed by atoms with Crippen LogP contribution >= 0.6 is 0 Å². The quantitative estimate of drug-likeness (QED) is 0.647. The molecule has 0 spiro atoms. The van der Waals surface area contributed by atoms with Crippen LogP contribution < -0.4 is 5.73 Å². The van der Waals surface area contributed by atoms with Crippen molar-refractivity contribution in [1.29, 1.82) is 0 Å². The molecule has 3 N–H and O–H groups in total. The van der Waals surface area contributed by atoms with E-state index in [0.717, 1.165) is 0 Å². The number of fused-ring (bicyclic) bond motifs is 1. The van der Waals surface area contributed by atoms with Gasteiger partial charge in [0.25, 0.3) is 5.91 Å². The van der Waals surface area contributed by atoms with Gasteiger partial charge in [0, 0.05) is 26.2 Å². The van der Waals surface area contributed by atoms with Crippen molar-refractivity contribution in [3.05, 3.63) is 65.9 Å². The molecular formula is C21H18FN5O2. The molecule has 3 heterocycles. The molecule has 7 nitrogen and oxygen atoms in total. The SMILES string of the molecule is C=C1N(C)CCC1(O)C#Cc1cc(-n2nc(C(N)=O)c3cccnc32)ccc1F. The lowest BCUT2D eigenvalue weighted by atomic mass is 10.0. The summed E-state index contributed by atoms with van der Waals surface area (Å²) in [4.78, 5) is 17.8. The average molecular weight is 391 g/mol. The summed E-state index contributed by atoms with van der Waals surface area (Å²) in [5, 5.41) is 15.4. The molecular weight excluding hydrogens is 373 g/mol. The number of nitrogens with zero attached hydrogens (tertiary/aromatic N) is 4. The number of nitrogens with two attached hydrogens (primary N) is 1. The molecule has 1 atom stereocenters. The standard InChI is InChI=1S/C21H18FN5O2/c1-13-21(29,9-11-26(13)2)8-7-14-12-15(5-6-17(14)22)27-20-16(4-3-10-24-20)18(25-27)19(23)28/h3-6,10,12,29H,1,9,11H2,2H3,(H2,23,28). The predicted molar refractivity (Wildman–Crippen MR) is 106 cm³/mol. The Labute approximate surface area is 166 Å². The summed E-state index contributed by atoms with van der Waals surface area (Å²) in [6.07, 6.45) is 1.96. The molecule has 1 unspecified atom stereocenters. The minimum atomic E-state index is -1.39. The number of halogens is 1. The summed E-state index contributed by atoms with van der Waals surface area (Å²) in [5.74, 6) is 4.23. The normalized spacial score (nSPS) is 18.7. The van der Waals surface area contributed by atoms with Gasteiger partial charge >= 0.3 is 0 Å². The topological polar surface area (TPSA) is 97.3 Å². The zero-order valence-electron chi connectivity index (χ0n) is 15.7. The minimum absolute atomic E-state index is 0.0738. The van der Waals surface area contributed by atoms with Gasteiger partial charge in [-0.2, -0.15) is 5.10 Å². The van der Waals surface area contributed by atoms with E-state index in [9.17, 15) is 14.3 Å². The molecule has 1 aliphatic rings. The first-order valence-electron chi connectivity index (χ1n) is 8.90. The fraction of sp³-hybridized carbons (Fsp3) is 0.190. The Hall–Kier alpha value is -3.70. The van der Waals surface area contributed by atoms with Crippen LogP contribution in [0.4, 0.5) is 4.39 Å². The predicted octanol–water partition coefficient (Wildman–Crippen LogP) is 1.59. The van der Waals surface area contributed by atoms with Gasteiger partial charge in [0.05, 0.1) is 22.3 Å². The fourth-order valence-electron chi connectivity index (χ4n) is 3.28. The second-order valence-electron chi connectivity index (χ2n) is 6.89. The molecule has 29 heavy (non-hydrogen) atoms. The van der Waals surface area contributed by atoms with Crippen LogP contribution in [-0.2, 0) is 0 Å². The van der Waals surface area contributed by atoms with Gasteiger partial charge in [-0.15, -0.1) is 0 Å². The molecule has 0 aliphatic carbocycles. The summed E-state index contributed by atoms with van der Waals surface area (Å²) >= 11 is 0. The van der Waals surface area contributed by atoms with Gasteiger partial charge in [-0.1, -0.05) is 18.4 Å². The van der Waals surface area contributed by atoms with Gasteiger partial charge in [-0.05, 0) is 30.3 Å². The lowest BCUT2D eigenvalue weighted by Crippen LogP contribution is -2.26. The number of benzene rings is 1. The summed E-state index contributed by atoms with van der Waals surface area (Å²) < 4.78 is 15.8. The Morgan fingerprint density at radius 1 is 1.41 bits per heavy atom. The first-order valence-corrected chi connectivity index (χ1v) is 8.90. The maximum absolute atomic E-state index is 14.4. The molecule has 4 rings (SSSR count). The van der Waals surface area contributed by atoms with Crippen molar-refractivity contribution in [2.24, 2.45) is 5.73 Å². The van der Waals surface area contributed by atoms with E-state index in [-0.39, 0.29) is 11.3 Å². The Morgan fingerprint density at radius 2 is 2.21 bits per heavy atom. The third-order valence-corrected chi connectivity index (χ3v) is 5.02. The Bertz CT molecular complexity index is 1220. The van der Waals surface area contributed by atoms with E-state index in [0.29, 0.717) is 35.4 Å². The molecule has 1 aliphatic heterocycles. The maximum Gasteiger partial charge on any atom is 0.269 e. The number of likely N-dealkylation sites (N-methyl/N-ethyl adjacent to an activating group) is 1. The van der Waals surface area contributed by atoms with Crippen LogP contribution in [0.2, 0.25) is 0 Å². The third-order valence-electron chi connectivity index (χ3n) is 5.02.